The second-order valence-electron chi connectivity index (χ2n) is 3.46. The van der Waals surface area contributed by atoms with Crippen LogP contribution in [-0.2, 0) is 10.0 Å². The number of hydrogen-bond acceptors (Lipinski definition) is 4. The van der Waals surface area contributed by atoms with Gasteiger partial charge >= 0.3 is 6.09 Å². The Balaban J connectivity index is 3.19. The third kappa shape index (κ3) is 1.92. The van der Waals surface area contributed by atoms with Crippen LogP contribution in [0.3, 0.4) is 0 Å². The second-order valence-corrected chi connectivity index (χ2v) is 5.31. The number of hydrogen-bond donors (Lipinski definition) is 3. The number of nitrogens with one attached hydrogen (secondary N) is 1. The van der Waals surface area contributed by atoms with Gasteiger partial charge < -0.3 is 10.4 Å². The van der Waals surface area contributed by atoms with Crippen molar-refractivity contribution in [2.75, 3.05) is 19.6 Å². The predicted octanol–water partition coefficient (Wildman–Crippen LogP) is -1.04. The minimum atomic E-state index is -3.95. The number of primary sulfonamides is 1. The number of carboxylic acid groups (broad SMARTS) is 1. The van der Waals surface area contributed by atoms with Crippen molar-refractivity contribution in [3.63, 3.8) is 0 Å². The molecule has 0 aromatic heterocycles. The van der Waals surface area contributed by atoms with E-state index in [1.165, 1.54) is 0 Å². The topological polar surface area (TPSA) is 113 Å². The molecule has 0 aromatic carbocycles. The molecule has 1 unspecified atom stereocenters. The number of piperazine rings is 1. The Labute approximate surface area is 88.3 Å². The molecular weight excluding hydrogens is 222 g/mol. The number of nitrogens with two attached hydrogens (primary N) is 1. The highest BCUT2D eigenvalue weighted by molar-refractivity contribution is 7.90. The van der Waals surface area contributed by atoms with Crippen molar-refractivity contribution in [2.45, 2.75) is 18.2 Å². The van der Waals surface area contributed by atoms with Gasteiger partial charge in [-0.25, -0.2) is 18.4 Å². The van der Waals surface area contributed by atoms with Gasteiger partial charge in [0.15, 0.2) is 4.87 Å². The number of nitrogens with zero attached hydrogens (tertiary/aromatic N) is 1. The zero-order chi connectivity index (χ0) is 11.7. The van der Waals surface area contributed by atoms with Crippen LogP contribution in [0.4, 0.5) is 4.79 Å². The molecule has 0 aromatic rings. The van der Waals surface area contributed by atoms with Crippen molar-refractivity contribution in [2.24, 2.45) is 5.14 Å². The summed E-state index contributed by atoms with van der Waals surface area (Å²) in [7, 11) is -3.95. The minimum absolute atomic E-state index is 0.0363. The number of sulfonamides is 1. The first-order chi connectivity index (χ1) is 6.85. The predicted molar refractivity (Wildman–Crippen MR) is 53.7 cm³/mol. The molecule has 0 bridgehead atoms. The van der Waals surface area contributed by atoms with Crippen LogP contribution < -0.4 is 10.5 Å². The first-order valence-corrected chi connectivity index (χ1v) is 6.13. The second kappa shape index (κ2) is 3.95. The fraction of sp³-hybridized carbons (Fsp3) is 0.857. The van der Waals surface area contributed by atoms with E-state index in [4.69, 9.17) is 10.2 Å². The summed E-state index contributed by atoms with van der Waals surface area (Å²) in [5.41, 5.74) is 0. The molecule has 0 radical (unpaired) electrons. The lowest BCUT2D eigenvalue weighted by molar-refractivity contribution is 0.0933. The highest BCUT2D eigenvalue weighted by Gasteiger charge is 2.49. The smallest absolute Gasteiger partial charge is 0.408 e. The van der Waals surface area contributed by atoms with Gasteiger partial charge in [-0.2, -0.15) is 0 Å². The van der Waals surface area contributed by atoms with E-state index in [0.29, 0.717) is 6.54 Å². The zero-order valence-corrected chi connectivity index (χ0v) is 9.25. The molecule has 7 nitrogen and oxygen atoms in total. The van der Waals surface area contributed by atoms with E-state index in [9.17, 15) is 13.2 Å². The molecular formula is C7H15N3O4S. The monoisotopic (exact) mass is 237 g/mol. The number of carbonyl (C=O) groups is 1. The molecule has 1 heterocycles. The van der Waals surface area contributed by atoms with Crippen molar-refractivity contribution in [1.82, 2.24) is 10.2 Å². The van der Waals surface area contributed by atoms with E-state index >= 15 is 0 Å². The Morgan fingerprint density at radius 1 is 1.67 bits per heavy atom. The van der Waals surface area contributed by atoms with Gasteiger partial charge in [0.25, 0.3) is 0 Å². The Morgan fingerprint density at radius 2 is 2.27 bits per heavy atom. The summed E-state index contributed by atoms with van der Waals surface area (Å²) in [5, 5.41) is 16.9. The third-order valence-electron chi connectivity index (χ3n) is 2.72. The van der Waals surface area contributed by atoms with Gasteiger partial charge in [-0.15, -0.1) is 0 Å². The van der Waals surface area contributed by atoms with Crippen molar-refractivity contribution in [3.8, 4) is 0 Å². The van der Waals surface area contributed by atoms with Crippen LogP contribution in [0.2, 0.25) is 0 Å². The highest BCUT2D eigenvalue weighted by Crippen LogP contribution is 2.26. The van der Waals surface area contributed by atoms with Crippen molar-refractivity contribution >= 4 is 16.1 Å². The van der Waals surface area contributed by atoms with Crippen LogP contribution >= 0.6 is 0 Å². The average Bonchev–Trinajstić information content (AvgIpc) is 2.15. The van der Waals surface area contributed by atoms with Gasteiger partial charge in [0.05, 0.1) is 0 Å². The van der Waals surface area contributed by atoms with Crippen LogP contribution in [0.15, 0.2) is 0 Å². The lowest BCUT2D eigenvalue weighted by Crippen LogP contribution is -2.67. The Morgan fingerprint density at radius 3 is 2.60 bits per heavy atom. The molecule has 0 aliphatic carbocycles. The first-order valence-electron chi connectivity index (χ1n) is 4.59. The van der Waals surface area contributed by atoms with Gasteiger partial charge in [-0.3, -0.25) is 4.90 Å². The molecule has 88 valence electrons. The van der Waals surface area contributed by atoms with E-state index in [2.05, 4.69) is 5.32 Å². The van der Waals surface area contributed by atoms with Gasteiger partial charge in [0, 0.05) is 19.6 Å². The molecule has 1 amide bonds. The maximum atomic E-state index is 11.5. The van der Waals surface area contributed by atoms with Gasteiger partial charge in [0.1, 0.15) is 0 Å². The van der Waals surface area contributed by atoms with Gasteiger partial charge in [-0.05, 0) is 6.42 Å². The fourth-order valence-electron chi connectivity index (χ4n) is 1.81. The minimum Gasteiger partial charge on any atom is -0.465 e. The summed E-state index contributed by atoms with van der Waals surface area (Å²) in [6.45, 7) is 2.20. The zero-order valence-electron chi connectivity index (χ0n) is 8.43. The molecule has 1 atom stereocenters. The Kier molecular flexibility index (Phi) is 3.22. The molecule has 1 rings (SSSR count). The Bertz CT molecular complexity index is 355. The summed E-state index contributed by atoms with van der Waals surface area (Å²) < 4.78 is 23.0. The van der Waals surface area contributed by atoms with Crippen molar-refractivity contribution in [1.29, 1.82) is 0 Å². The van der Waals surface area contributed by atoms with E-state index in [1.807, 2.05) is 0 Å². The summed E-state index contributed by atoms with van der Waals surface area (Å²) in [5.74, 6) is 0. The molecule has 0 saturated carbocycles. The van der Waals surface area contributed by atoms with Crippen LogP contribution in [0.25, 0.3) is 0 Å². The molecule has 1 fully saturated rings. The van der Waals surface area contributed by atoms with Gasteiger partial charge in [0.2, 0.25) is 10.0 Å². The summed E-state index contributed by atoms with van der Waals surface area (Å²) in [6, 6.07) is 0. The standard InChI is InChI=1S/C7H15N3O4S/c1-2-7(15(8,13)14)5-9-3-4-10(7)6(11)12/h9H,2-5H2,1H3,(H,11,12)(H2,8,13,14). The molecule has 4 N–H and O–H groups in total. The lowest BCUT2D eigenvalue weighted by Gasteiger charge is -2.43. The quantitative estimate of drug-likeness (QED) is 0.568. The van der Waals surface area contributed by atoms with Crippen molar-refractivity contribution < 1.29 is 18.3 Å². The average molecular weight is 237 g/mol. The van der Waals surface area contributed by atoms with E-state index in [-0.39, 0.29) is 19.5 Å². The fourth-order valence-corrected chi connectivity index (χ4v) is 3.00. The highest BCUT2D eigenvalue weighted by atomic mass is 32.2. The van der Waals surface area contributed by atoms with Crippen LogP contribution in [0, 0.1) is 0 Å². The van der Waals surface area contributed by atoms with Crippen LogP contribution in [0.1, 0.15) is 13.3 Å². The maximum absolute atomic E-state index is 11.5. The lowest BCUT2D eigenvalue weighted by atomic mass is 10.1. The van der Waals surface area contributed by atoms with Crippen molar-refractivity contribution in [3.05, 3.63) is 0 Å². The summed E-state index contributed by atoms with van der Waals surface area (Å²) in [4.78, 5) is 10.3. The molecule has 1 saturated heterocycles. The van der Waals surface area contributed by atoms with E-state index in [0.717, 1.165) is 4.90 Å². The van der Waals surface area contributed by atoms with E-state index < -0.39 is 21.0 Å². The maximum Gasteiger partial charge on any atom is 0.408 e. The first kappa shape index (κ1) is 12.2. The largest absolute Gasteiger partial charge is 0.465 e. The van der Waals surface area contributed by atoms with Gasteiger partial charge in [-0.1, -0.05) is 6.92 Å². The third-order valence-corrected chi connectivity index (χ3v) is 4.43. The van der Waals surface area contributed by atoms with Crippen LogP contribution in [-0.4, -0.2) is 49.0 Å². The number of rotatable bonds is 2. The molecule has 8 heteroatoms. The molecule has 0 spiro atoms. The number of amides is 1. The summed E-state index contributed by atoms with van der Waals surface area (Å²) >= 11 is 0. The molecule has 1 aliphatic heterocycles. The van der Waals surface area contributed by atoms with E-state index in [1.54, 1.807) is 6.92 Å². The Hall–Kier alpha value is -0.860. The SMILES string of the molecule is CCC1(S(N)(=O)=O)CNCCN1C(=O)O. The summed E-state index contributed by atoms with van der Waals surface area (Å²) in [6.07, 6.45) is -1.13. The molecule has 15 heavy (non-hydrogen) atoms. The van der Waals surface area contributed by atoms with Crippen LogP contribution in [0.5, 0.6) is 0 Å². The normalized spacial score (nSPS) is 27.7. The molecule has 1 aliphatic rings.